The minimum absolute atomic E-state index is 0.0786. The maximum Gasteiger partial charge on any atom is 0.219 e. The molecule has 4 nitrogen and oxygen atoms in total. The van der Waals surface area contributed by atoms with Gasteiger partial charge in [0.15, 0.2) is 5.78 Å². The number of Topliss-reactive ketones (excluding diaryl/α,β-unsaturated/α-hetero) is 1. The molecule has 3 rings (SSSR count). The number of amides is 1. The van der Waals surface area contributed by atoms with Gasteiger partial charge in [0, 0.05) is 36.5 Å². The minimum Gasteiger partial charge on any atom is -0.338 e. The van der Waals surface area contributed by atoms with Gasteiger partial charge in [0.1, 0.15) is 5.15 Å². The number of carbonyl (C=O) groups excluding carboxylic acids is 2. The molecule has 1 aromatic heterocycles. The first-order chi connectivity index (χ1) is 10.9. The molecule has 0 spiro atoms. The number of ketones is 1. The molecule has 6 heteroatoms. The molecule has 1 aliphatic rings. The molecule has 23 heavy (non-hydrogen) atoms. The van der Waals surface area contributed by atoms with E-state index in [4.69, 9.17) is 23.2 Å². The lowest BCUT2D eigenvalue weighted by atomic mass is 10.1. The van der Waals surface area contributed by atoms with Crippen molar-refractivity contribution in [3.63, 3.8) is 0 Å². The quantitative estimate of drug-likeness (QED) is 0.778. The van der Waals surface area contributed by atoms with E-state index in [2.05, 4.69) is 0 Å². The predicted molar refractivity (Wildman–Crippen MR) is 92.4 cm³/mol. The van der Waals surface area contributed by atoms with Crippen molar-refractivity contribution in [2.45, 2.75) is 39.3 Å². The van der Waals surface area contributed by atoms with Crippen LogP contribution in [-0.2, 0) is 11.3 Å². The van der Waals surface area contributed by atoms with Crippen molar-refractivity contribution < 1.29 is 9.59 Å². The van der Waals surface area contributed by atoms with Crippen LogP contribution in [0.25, 0.3) is 10.9 Å². The molecule has 1 fully saturated rings. The SMILES string of the molecule is CC(=O)c1c(Cl)n(C[C@@H]2CCCN2C(C)=O)c2ccc(Cl)cc12. The average Bonchev–Trinajstić information content (AvgIpc) is 3.03. The predicted octanol–water partition coefficient (Wildman–Crippen LogP) is 4.16. The number of carbonyl (C=O) groups is 2. The first kappa shape index (κ1) is 16.3. The number of aromatic nitrogens is 1. The van der Waals surface area contributed by atoms with Gasteiger partial charge in [-0.1, -0.05) is 23.2 Å². The topological polar surface area (TPSA) is 42.3 Å². The number of hydrogen-bond donors (Lipinski definition) is 0. The maximum atomic E-state index is 12.0. The van der Waals surface area contributed by atoms with Gasteiger partial charge in [-0.15, -0.1) is 0 Å². The third-order valence-corrected chi connectivity index (χ3v) is 5.12. The summed E-state index contributed by atoms with van der Waals surface area (Å²) in [5.74, 6) is -0.00853. The van der Waals surface area contributed by atoms with Gasteiger partial charge in [0.2, 0.25) is 5.91 Å². The Kier molecular flexibility index (Phi) is 4.39. The molecule has 0 saturated carbocycles. The Bertz CT molecular complexity index is 797. The highest BCUT2D eigenvalue weighted by Gasteiger charge is 2.29. The Morgan fingerprint density at radius 3 is 2.65 bits per heavy atom. The lowest BCUT2D eigenvalue weighted by Gasteiger charge is -2.24. The second-order valence-corrected chi connectivity index (χ2v) is 6.80. The first-order valence-electron chi connectivity index (χ1n) is 7.65. The molecule has 2 heterocycles. The van der Waals surface area contributed by atoms with E-state index in [0.29, 0.717) is 22.3 Å². The second-order valence-electron chi connectivity index (χ2n) is 6.00. The van der Waals surface area contributed by atoms with Crippen molar-refractivity contribution >= 4 is 45.8 Å². The van der Waals surface area contributed by atoms with Gasteiger partial charge in [0.05, 0.1) is 11.1 Å². The Balaban J connectivity index is 2.09. The van der Waals surface area contributed by atoms with E-state index in [1.165, 1.54) is 6.92 Å². The van der Waals surface area contributed by atoms with Crippen LogP contribution < -0.4 is 0 Å². The molecule has 1 saturated heterocycles. The number of hydrogen-bond acceptors (Lipinski definition) is 2. The molecule has 1 atom stereocenters. The zero-order chi connectivity index (χ0) is 16.7. The van der Waals surface area contributed by atoms with Crippen LogP contribution in [0, 0.1) is 0 Å². The summed E-state index contributed by atoms with van der Waals surface area (Å²) in [4.78, 5) is 25.7. The molecule has 0 unspecified atom stereocenters. The highest BCUT2D eigenvalue weighted by molar-refractivity contribution is 6.36. The van der Waals surface area contributed by atoms with Crippen molar-refractivity contribution in [1.82, 2.24) is 9.47 Å². The fraction of sp³-hybridized carbons (Fsp3) is 0.412. The summed E-state index contributed by atoms with van der Waals surface area (Å²) in [6.07, 6.45) is 1.94. The fourth-order valence-corrected chi connectivity index (χ4v) is 4.03. The van der Waals surface area contributed by atoms with Gasteiger partial charge in [-0.2, -0.15) is 0 Å². The minimum atomic E-state index is -0.0872. The Labute approximate surface area is 145 Å². The lowest BCUT2D eigenvalue weighted by molar-refractivity contribution is -0.129. The molecule has 1 aliphatic heterocycles. The van der Waals surface area contributed by atoms with Gasteiger partial charge < -0.3 is 9.47 Å². The molecule has 1 aromatic carbocycles. The molecule has 122 valence electrons. The van der Waals surface area contributed by atoms with Crippen molar-refractivity contribution in [2.24, 2.45) is 0 Å². The second kappa shape index (κ2) is 6.17. The van der Waals surface area contributed by atoms with Crippen LogP contribution in [-0.4, -0.2) is 33.7 Å². The molecule has 0 aliphatic carbocycles. The van der Waals surface area contributed by atoms with Gasteiger partial charge in [0.25, 0.3) is 0 Å². The van der Waals surface area contributed by atoms with E-state index < -0.39 is 0 Å². The van der Waals surface area contributed by atoms with E-state index in [1.54, 1.807) is 19.1 Å². The molecular formula is C17H18Cl2N2O2. The number of likely N-dealkylation sites (tertiary alicyclic amines) is 1. The number of benzene rings is 1. The summed E-state index contributed by atoms with van der Waals surface area (Å²) in [7, 11) is 0. The van der Waals surface area contributed by atoms with Crippen molar-refractivity contribution in [3.8, 4) is 0 Å². The standard InChI is InChI=1S/C17H18Cl2N2O2/c1-10(22)16-14-8-12(18)5-6-15(14)21(17(16)19)9-13-4-3-7-20(13)11(2)23/h5-6,8,13H,3-4,7,9H2,1-2H3/t13-/m0/s1. The maximum absolute atomic E-state index is 12.0. The Morgan fingerprint density at radius 2 is 2.00 bits per heavy atom. The third kappa shape index (κ3) is 2.86. The number of nitrogens with zero attached hydrogens (tertiary/aromatic N) is 2. The highest BCUT2D eigenvalue weighted by atomic mass is 35.5. The molecule has 0 radical (unpaired) electrons. The first-order valence-corrected chi connectivity index (χ1v) is 8.41. The van der Waals surface area contributed by atoms with E-state index >= 15 is 0 Å². The van der Waals surface area contributed by atoms with E-state index in [-0.39, 0.29) is 17.7 Å². The number of rotatable bonds is 3. The summed E-state index contributed by atoms with van der Waals surface area (Å²) >= 11 is 12.6. The van der Waals surface area contributed by atoms with Crippen LogP contribution >= 0.6 is 23.2 Å². The molecule has 0 N–H and O–H groups in total. The highest BCUT2D eigenvalue weighted by Crippen LogP contribution is 2.34. The third-order valence-electron chi connectivity index (χ3n) is 4.49. The van der Waals surface area contributed by atoms with Crippen molar-refractivity contribution in [3.05, 3.63) is 33.9 Å². The van der Waals surface area contributed by atoms with E-state index in [0.717, 1.165) is 30.3 Å². The van der Waals surface area contributed by atoms with Crippen LogP contribution in [0.2, 0.25) is 10.2 Å². The summed E-state index contributed by atoms with van der Waals surface area (Å²) in [5, 5.41) is 1.76. The van der Waals surface area contributed by atoms with Crippen LogP contribution in [0.4, 0.5) is 0 Å². The lowest BCUT2D eigenvalue weighted by Crippen LogP contribution is -2.36. The molecule has 1 amide bonds. The van der Waals surface area contributed by atoms with Gasteiger partial charge in [-0.25, -0.2) is 0 Å². The van der Waals surface area contributed by atoms with E-state index in [1.807, 2.05) is 15.5 Å². The van der Waals surface area contributed by atoms with E-state index in [9.17, 15) is 9.59 Å². The molecular weight excluding hydrogens is 335 g/mol. The summed E-state index contributed by atoms with van der Waals surface area (Å²) < 4.78 is 1.93. The van der Waals surface area contributed by atoms with Gasteiger partial charge in [-0.3, -0.25) is 9.59 Å². The fourth-order valence-electron chi connectivity index (χ4n) is 3.46. The van der Waals surface area contributed by atoms with Crippen molar-refractivity contribution in [2.75, 3.05) is 6.54 Å². The van der Waals surface area contributed by atoms with Gasteiger partial charge >= 0.3 is 0 Å². The zero-order valence-corrected chi connectivity index (χ0v) is 14.6. The zero-order valence-electron chi connectivity index (χ0n) is 13.1. The van der Waals surface area contributed by atoms with Crippen LogP contribution in [0.15, 0.2) is 18.2 Å². The Morgan fingerprint density at radius 1 is 1.26 bits per heavy atom. The van der Waals surface area contributed by atoms with Crippen LogP contribution in [0.3, 0.4) is 0 Å². The summed E-state index contributed by atoms with van der Waals surface area (Å²) in [5.41, 5.74) is 1.37. The van der Waals surface area contributed by atoms with Crippen molar-refractivity contribution in [1.29, 1.82) is 0 Å². The normalized spacial score (nSPS) is 17.9. The smallest absolute Gasteiger partial charge is 0.219 e. The largest absolute Gasteiger partial charge is 0.338 e. The Hall–Kier alpha value is -1.52. The van der Waals surface area contributed by atoms with Crippen LogP contribution in [0.5, 0.6) is 0 Å². The summed E-state index contributed by atoms with van der Waals surface area (Å²) in [6, 6.07) is 5.55. The average molecular weight is 353 g/mol. The monoisotopic (exact) mass is 352 g/mol. The van der Waals surface area contributed by atoms with Gasteiger partial charge in [-0.05, 0) is 38.0 Å². The number of halogens is 2. The molecule has 0 bridgehead atoms. The molecule has 2 aromatic rings. The summed E-state index contributed by atoms with van der Waals surface area (Å²) in [6.45, 7) is 4.46. The number of fused-ring (bicyclic) bond motifs is 1. The van der Waals surface area contributed by atoms with Crippen LogP contribution in [0.1, 0.15) is 37.0 Å².